The van der Waals surface area contributed by atoms with E-state index in [1.165, 1.54) is 22.9 Å². The van der Waals surface area contributed by atoms with E-state index in [4.69, 9.17) is 9.47 Å². The van der Waals surface area contributed by atoms with E-state index in [1.54, 1.807) is 18.2 Å². The maximum atomic E-state index is 13.9. The molecule has 1 heterocycles. The summed E-state index contributed by atoms with van der Waals surface area (Å²) >= 11 is 0. The number of nitrogens with one attached hydrogen (secondary N) is 3. The van der Waals surface area contributed by atoms with Crippen molar-refractivity contribution in [3.63, 3.8) is 0 Å². The van der Waals surface area contributed by atoms with Crippen LogP contribution in [0, 0.1) is 0 Å². The maximum absolute atomic E-state index is 13.9. The van der Waals surface area contributed by atoms with Crippen molar-refractivity contribution in [2.75, 3.05) is 4.72 Å². The van der Waals surface area contributed by atoms with Crippen LogP contribution in [0.1, 0.15) is 73.0 Å². The van der Waals surface area contributed by atoms with Crippen LogP contribution in [-0.4, -0.2) is 54.3 Å². The predicted octanol–water partition coefficient (Wildman–Crippen LogP) is 5.59. The molecule has 3 N–H and O–H groups in total. The fourth-order valence-electron chi connectivity index (χ4n) is 6.67. The van der Waals surface area contributed by atoms with Crippen molar-refractivity contribution in [3.8, 4) is 0 Å². The first-order valence-electron chi connectivity index (χ1n) is 17.4. The first-order chi connectivity index (χ1) is 24.3. The molecular formula is C38H45N5O6S. The number of benzene rings is 3. The number of aromatic nitrogens is 2. The fraction of sp³-hybridized carbons (Fsp3) is 0.395. The Balaban J connectivity index is 1.17. The zero-order valence-electron chi connectivity index (χ0n) is 28.1. The Morgan fingerprint density at radius 1 is 0.700 bits per heavy atom. The molecule has 1 aromatic heterocycles. The van der Waals surface area contributed by atoms with Gasteiger partial charge in [-0.3, -0.25) is 14.3 Å². The Bertz CT molecular complexity index is 1800. The van der Waals surface area contributed by atoms with Crippen molar-refractivity contribution in [2.45, 2.75) is 100 Å². The van der Waals surface area contributed by atoms with Crippen molar-refractivity contribution in [3.05, 3.63) is 114 Å². The molecule has 0 unspecified atom stereocenters. The van der Waals surface area contributed by atoms with E-state index in [0.29, 0.717) is 13.2 Å². The van der Waals surface area contributed by atoms with E-state index < -0.39 is 15.9 Å². The second-order valence-corrected chi connectivity index (χ2v) is 14.7. The van der Waals surface area contributed by atoms with Gasteiger partial charge in [0.05, 0.1) is 42.4 Å². The van der Waals surface area contributed by atoms with Crippen LogP contribution >= 0.6 is 0 Å². The summed E-state index contributed by atoms with van der Waals surface area (Å²) in [7, 11) is -3.99. The topological polar surface area (TPSA) is 141 Å². The summed E-state index contributed by atoms with van der Waals surface area (Å²) in [5.74, 6) is -0.868. The molecule has 4 aromatic rings. The van der Waals surface area contributed by atoms with Crippen LogP contribution in [0.25, 0.3) is 0 Å². The normalized spacial score (nSPS) is 20.9. The van der Waals surface area contributed by atoms with Crippen LogP contribution in [0.3, 0.4) is 0 Å². The average molecular weight is 700 g/mol. The Morgan fingerprint density at radius 3 is 1.76 bits per heavy atom. The molecule has 0 bridgehead atoms. The van der Waals surface area contributed by atoms with E-state index >= 15 is 0 Å². The van der Waals surface area contributed by atoms with Gasteiger partial charge in [0, 0.05) is 6.07 Å². The van der Waals surface area contributed by atoms with Gasteiger partial charge < -0.3 is 20.1 Å². The standard InChI is InChI=1S/C38H45N5O6S/c44-37(39-31-20-10-12-22-34(31)48-26-28-14-4-1-5-15-28)25-43-33(24-36(41-43)42-50(46,47)30-18-8-3-9-19-30)38(45)40-32-21-11-13-23-35(32)49-27-29-16-6-2-7-17-29/h1-9,14-19,24,31-32,34-35H,10-13,20-23,25-27H2,(H,39,44)(H,40,45)(H,41,42)/t31-,32+,34-,35+/m1/s1. The summed E-state index contributed by atoms with van der Waals surface area (Å²) in [5, 5.41) is 10.6. The van der Waals surface area contributed by atoms with Crippen molar-refractivity contribution in [2.24, 2.45) is 0 Å². The molecule has 0 spiro atoms. The monoisotopic (exact) mass is 699 g/mol. The largest absolute Gasteiger partial charge is 0.371 e. The molecule has 2 saturated carbocycles. The molecule has 50 heavy (non-hydrogen) atoms. The lowest BCUT2D eigenvalue weighted by molar-refractivity contribution is -0.124. The van der Waals surface area contributed by atoms with Crippen LogP contribution in [0.2, 0.25) is 0 Å². The third-order valence-corrected chi connectivity index (χ3v) is 10.7. The quantitative estimate of drug-likeness (QED) is 0.156. The van der Waals surface area contributed by atoms with Gasteiger partial charge in [-0.15, -0.1) is 0 Å². The van der Waals surface area contributed by atoms with Gasteiger partial charge >= 0.3 is 0 Å². The van der Waals surface area contributed by atoms with E-state index in [-0.39, 0.29) is 53.2 Å². The van der Waals surface area contributed by atoms with Gasteiger partial charge in [0.2, 0.25) is 5.91 Å². The lowest BCUT2D eigenvalue weighted by Gasteiger charge is -2.32. The van der Waals surface area contributed by atoms with Crippen molar-refractivity contribution in [1.82, 2.24) is 20.4 Å². The highest BCUT2D eigenvalue weighted by Crippen LogP contribution is 2.25. The van der Waals surface area contributed by atoms with Crippen LogP contribution in [0.4, 0.5) is 5.82 Å². The van der Waals surface area contributed by atoms with Gasteiger partial charge in [-0.25, -0.2) is 13.1 Å². The summed E-state index contributed by atoms with van der Waals surface area (Å²) in [6, 6.07) is 28.6. The molecule has 0 aliphatic heterocycles. The SMILES string of the molecule is O=C(Cn1nc(NS(=O)(=O)c2ccccc2)cc1C(=O)N[C@H]1CCCC[C@@H]1OCc1ccccc1)N[C@@H]1CCCC[C@H]1OCc1ccccc1. The lowest BCUT2D eigenvalue weighted by atomic mass is 9.92. The van der Waals surface area contributed by atoms with Crippen LogP contribution in [0.5, 0.6) is 0 Å². The summed E-state index contributed by atoms with van der Waals surface area (Å²) < 4.78 is 42.6. The minimum Gasteiger partial charge on any atom is -0.371 e. The van der Waals surface area contributed by atoms with Crippen molar-refractivity contribution < 1.29 is 27.5 Å². The predicted molar refractivity (Wildman–Crippen MR) is 190 cm³/mol. The fourth-order valence-corrected chi connectivity index (χ4v) is 7.68. The Labute approximate surface area is 293 Å². The Hall–Kier alpha value is -4.52. The highest BCUT2D eigenvalue weighted by atomic mass is 32.2. The van der Waals surface area contributed by atoms with Gasteiger partial charge in [-0.05, 0) is 48.9 Å². The molecule has 2 aliphatic rings. The van der Waals surface area contributed by atoms with Gasteiger partial charge in [0.1, 0.15) is 12.2 Å². The number of ether oxygens (including phenoxy) is 2. The van der Waals surface area contributed by atoms with Gasteiger partial charge in [0.25, 0.3) is 15.9 Å². The number of anilines is 1. The third-order valence-electron chi connectivity index (χ3n) is 9.28. The number of carbonyl (C=O) groups excluding carboxylic acids is 2. The van der Waals surface area contributed by atoms with E-state index in [1.807, 2.05) is 60.7 Å². The number of nitrogens with zero attached hydrogens (tertiary/aromatic N) is 2. The number of hydrogen-bond donors (Lipinski definition) is 3. The zero-order chi connectivity index (χ0) is 34.8. The number of carbonyl (C=O) groups is 2. The van der Waals surface area contributed by atoms with Gasteiger partial charge in [-0.2, -0.15) is 5.10 Å². The van der Waals surface area contributed by atoms with Crippen molar-refractivity contribution >= 4 is 27.7 Å². The first kappa shape index (κ1) is 35.3. The summed E-state index contributed by atoms with van der Waals surface area (Å²) in [4.78, 5) is 27.5. The molecule has 4 atom stereocenters. The second-order valence-electron chi connectivity index (χ2n) is 13.0. The zero-order valence-corrected chi connectivity index (χ0v) is 28.9. The minimum atomic E-state index is -3.99. The second kappa shape index (κ2) is 16.9. The Kier molecular flexibility index (Phi) is 12.0. The van der Waals surface area contributed by atoms with Crippen LogP contribution in [-0.2, 0) is 44.1 Å². The third kappa shape index (κ3) is 9.58. The first-order valence-corrected chi connectivity index (χ1v) is 18.9. The lowest BCUT2D eigenvalue weighted by Crippen LogP contribution is -2.48. The number of sulfonamides is 1. The maximum Gasteiger partial charge on any atom is 0.269 e. The molecule has 11 nitrogen and oxygen atoms in total. The number of amides is 2. The minimum absolute atomic E-state index is 0.0535. The summed E-state index contributed by atoms with van der Waals surface area (Å²) in [6.07, 6.45) is 6.70. The highest BCUT2D eigenvalue weighted by Gasteiger charge is 2.31. The van der Waals surface area contributed by atoms with Crippen LogP contribution in [0.15, 0.2) is 102 Å². The number of hydrogen-bond acceptors (Lipinski definition) is 7. The van der Waals surface area contributed by atoms with Crippen molar-refractivity contribution in [1.29, 1.82) is 0 Å². The molecule has 2 aliphatic carbocycles. The van der Waals surface area contributed by atoms with Gasteiger partial charge in [0.15, 0.2) is 5.82 Å². The smallest absolute Gasteiger partial charge is 0.269 e. The van der Waals surface area contributed by atoms with E-state index in [9.17, 15) is 18.0 Å². The molecule has 3 aromatic carbocycles. The molecule has 264 valence electrons. The molecular weight excluding hydrogens is 655 g/mol. The molecule has 2 fully saturated rings. The van der Waals surface area contributed by atoms with Crippen LogP contribution < -0.4 is 15.4 Å². The Morgan fingerprint density at radius 2 is 1.20 bits per heavy atom. The molecule has 0 radical (unpaired) electrons. The summed E-state index contributed by atoms with van der Waals surface area (Å²) in [5.41, 5.74) is 2.18. The average Bonchev–Trinajstić information content (AvgIpc) is 3.53. The van der Waals surface area contributed by atoms with Gasteiger partial charge in [-0.1, -0.05) is 105 Å². The van der Waals surface area contributed by atoms with E-state index in [0.717, 1.165) is 62.5 Å². The molecule has 12 heteroatoms. The number of rotatable bonds is 14. The van der Waals surface area contributed by atoms with E-state index in [2.05, 4.69) is 20.5 Å². The summed E-state index contributed by atoms with van der Waals surface area (Å²) in [6.45, 7) is 0.596. The molecule has 6 rings (SSSR count). The highest BCUT2D eigenvalue weighted by molar-refractivity contribution is 7.92. The molecule has 2 amide bonds. The molecule has 0 saturated heterocycles.